The summed E-state index contributed by atoms with van der Waals surface area (Å²) in [7, 11) is 0. The Hall–Kier alpha value is -4.19. The molecule has 0 spiro atoms. The fourth-order valence-electron chi connectivity index (χ4n) is 7.37. The van der Waals surface area contributed by atoms with Crippen molar-refractivity contribution >= 4 is 28.7 Å². The summed E-state index contributed by atoms with van der Waals surface area (Å²) >= 11 is 0. The Kier molecular flexibility index (Phi) is 6.52. The van der Waals surface area contributed by atoms with Crippen molar-refractivity contribution in [2.45, 2.75) is 64.5 Å². The van der Waals surface area contributed by atoms with Gasteiger partial charge in [-0.1, -0.05) is 55.2 Å². The zero-order valence-electron chi connectivity index (χ0n) is 24.2. The number of hydrogen-bond donors (Lipinski definition) is 1. The first-order valence-electron chi connectivity index (χ1n) is 15.1. The number of rotatable bonds is 7. The quantitative estimate of drug-likeness (QED) is 0.362. The van der Waals surface area contributed by atoms with Gasteiger partial charge < -0.3 is 14.4 Å². The van der Waals surface area contributed by atoms with Crippen LogP contribution in [0.3, 0.4) is 0 Å². The zero-order valence-corrected chi connectivity index (χ0v) is 24.2. The molecule has 4 aliphatic rings. The minimum absolute atomic E-state index is 0.0335. The number of aliphatic imine (C=N–C) groups is 1. The van der Waals surface area contributed by atoms with Gasteiger partial charge in [-0.05, 0) is 83.9 Å². The summed E-state index contributed by atoms with van der Waals surface area (Å²) in [5.41, 5.74) is 7.20. The number of allylic oxidation sites excluding steroid dienone is 3. The number of hydrogen-bond acceptors (Lipinski definition) is 4. The molecule has 3 aromatic rings. The van der Waals surface area contributed by atoms with E-state index in [1.807, 2.05) is 42.0 Å². The number of ether oxygens (including phenoxy) is 1. The smallest absolute Gasteiger partial charge is 0.307 e. The predicted octanol–water partition coefficient (Wildman–Crippen LogP) is 6.41. The molecule has 2 unspecified atom stereocenters. The summed E-state index contributed by atoms with van der Waals surface area (Å²) in [6.45, 7) is 5.16. The summed E-state index contributed by atoms with van der Waals surface area (Å²) in [5.74, 6) is 0.791. The minimum atomic E-state index is -0.888. The van der Waals surface area contributed by atoms with Gasteiger partial charge >= 0.3 is 5.97 Å². The van der Waals surface area contributed by atoms with Gasteiger partial charge in [-0.25, -0.2) is 0 Å². The van der Waals surface area contributed by atoms with E-state index in [1.54, 1.807) is 6.07 Å². The van der Waals surface area contributed by atoms with Crippen LogP contribution in [0.1, 0.15) is 60.4 Å². The van der Waals surface area contributed by atoms with Crippen LogP contribution in [-0.2, 0) is 28.9 Å². The van der Waals surface area contributed by atoms with E-state index in [0.717, 1.165) is 63.2 Å². The van der Waals surface area contributed by atoms with E-state index in [2.05, 4.69) is 37.3 Å². The van der Waals surface area contributed by atoms with E-state index in [1.165, 1.54) is 30.4 Å². The lowest BCUT2D eigenvalue weighted by Crippen LogP contribution is -2.43. The lowest BCUT2D eigenvalue weighted by Gasteiger charge is -2.45. The van der Waals surface area contributed by atoms with Gasteiger partial charge in [0.05, 0.1) is 36.5 Å². The van der Waals surface area contributed by atoms with E-state index < -0.39 is 11.5 Å². The Morgan fingerprint density at radius 2 is 1.88 bits per heavy atom. The number of nitrogens with zero attached hydrogens (tertiary/aromatic N) is 2. The van der Waals surface area contributed by atoms with Crippen molar-refractivity contribution in [2.24, 2.45) is 16.8 Å². The van der Waals surface area contributed by atoms with Crippen LogP contribution in [0.4, 0.5) is 0 Å². The zero-order chi connectivity index (χ0) is 29.0. The molecule has 42 heavy (non-hydrogen) atoms. The van der Waals surface area contributed by atoms with Crippen LogP contribution >= 0.6 is 0 Å². The Balaban J connectivity index is 1.38. The third-order valence-corrected chi connectivity index (χ3v) is 9.80. The summed E-state index contributed by atoms with van der Waals surface area (Å²) < 4.78 is 7.90. The summed E-state index contributed by atoms with van der Waals surface area (Å²) in [4.78, 5) is 30.5. The normalized spacial score (nSPS) is 22.9. The van der Waals surface area contributed by atoms with Crippen molar-refractivity contribution in [3.05, 3.63) is 110 Å². The fraction of sp³-hybridized carbons (Fsp3) is 0.361. The van der Waals surface area contributed by atoms with Gasteiger partial charge in [-0.3, -0.25) is 14.6 Å². The van der Waals surface area contributed by atoms with Gasteiger partial charge in [0.15, 0.2) is 0 Å². The van der Waals surface area contributed by atoms with E-state index in [4.69, 9.17) is 9.73 Å². The van der Waals surface area contributed by atoms with Crippen LogP contribution in [0, 0.1) is 18.8 Å². The van der Waals surface area contributed by atoms with Crippen molar-refractivity contribution in [1.29, 1.82) is 0 Å². The molecule has 2 aromatic carbocycles. The number of carboxylic acid groups (broad SMARTS) is 1. The van der Waals surface area contributed by atoms with Crippen molar-refractivity contribution in [1.82, 2.24) is 4.57 Å². The number of aliphatic carboxylic acids is 1. The second kappa shape index (κ2) is 10.3. The van der Waals surface area contributed by atoms with Gasteiger partial charge in [0.2, 0.25) is 0 Å². The maximum atomic E-state index is 13.4. The maximum absolute atomic E-state index is 13.4. The predicted molar refractivity (Wildman–Crippen MR) is 166 cm³/mol. The molecule has 1 aromatic heterocycles. The highest BCUT2D eigenvalue weighted by molar-refractivity contribution is 5.99. The van der Waals surface area contributed by atoms with Crippen LogP contribution in [0.5, 0.6) is 0 Å². The number of aromatic nitrogens is 1. The van der Waals surface area contributed by atoms with Crippen molar-refractivity contribution in [2.75, 3.05) is 6.61 Å². The topological polar surface area (TPSA) is 80.9 Å². The molecular weight excluding hydrogens is 524 g/mol. The molecule has 0 amide bonds. The highest BCUT2D eigenvalue weighted by Gasteiger charge is 2.48. The summed E-state index contributed by atoms with van der Waals surface area (Å²) in [6.07, 6.45) is 13.9. The van der Waals surface area contributed by atoms with Gasteiger partial charge in [0.1, 0.15) is 5.76 Å². The van der Waals surface area contributed by atoms with Gasteiger partial charge in [0, 0.05) is 24.1 Å². The van der Waals surface area contributed by atoms with Gasteiger partial charge in [-0.2, -0.15) is 0 Å². The molecule has 1 saturated carbocycles. The van der Waals surface area contributed by atoms with Crippen molar-refractivity contribution < 1.29 is 14.6 Å². The molecule has 214 valence electrons. The first-order valence-corrected chi connectivity index (χ1v) is 15.1. The molecule has 3 heterocycles. The molecule has 1 N–H and O–H groups in total. The standard InChI is InChI=1S/C36H36N2O4/c1-22-18-30-27(10-13-32(39)38(30)21-25-8-6-24(7-9-25)19-23-4-3-5-23)34(28(22)20-33(40)41)29-11-12-31-35-26(15-17-42-31)14-16-37-36(29,35)2/h6-14,16,18,23,35H,3-5,15,17,19-21H2,1-2H3,(H,40,41). The SMILES string of the molecule is Cc1cc2c(ccc(=O)n2Cc2ccc(CC3CCC3)cc2)c(C2=CC=C3OCCC4=CC=NC2(C)C43)c1CC(=O)O. The second-order valence-corrected chi connectivity index (χ2v) is 12.5. The Bertz CT molecular complexity index is 1790. The molecule has 2 aliphatic heterocycles. The highest BCUT2D eigenvalue weighted by Crippen LogP contribution is 2.52. The molecule has 2 fully saturated rings. The molecule has 2 aliphatic carbocycles. The summed E-state index contributed by atoms with van der Waals surface area (Å²) in [5, 5.41) is 10.8. The van der Waals surface area contributed by atoms with E-state index in [-0.39, 0.29) is 17.9 Å². The highest BCUT2D eigenvalue weighted by atomic mass is 16.5. The van der Waals surface area contributed by atoms with Crippen LogP contribution < -0.4 is 5.56 Å². The first-order chi connectivity index (χ1) is 20.3. The number of dihydropyridines is 1. The average Bonchev–Trinajstić information content (AvgIpc) is 2.94. The average molecular weight is 561 g/mol. The Morgan fingerprint density at radius 1 is 1.10 bits per heavy atom. The maximum Gasteiger partial charge on any atom is 0.307 e. The van der Waals surface area contributed by atoms with Gasteiger partial charge in [0.25, 0.3) is 5.56 Å². The number of fused-ring (bicyclic) bond motifs is 1. The molecule has 2 atom stereocenters. The number of pyridine rings is 1. The number of benzene rings is 2. The van der Waals surface area contributed by atoms with Gasteiger partial charge in [-0.15, -0.1) is 0 Å². The van der Waals surface area contributed by atoms with E-state index in [9.17, 15) is 14.7 Å². The number of carbonyl (C=O) groups is 1. The van der Waals surface area contributed by atoms with E-state index in [0.29, 0.717) is 13.2 Å². The third kappa shape index (κ3) is 4.44. The largest absolute Gasteiger partial charge is 0.497 e. The van der Waals surface area contributed by atoms with Crippen molar-refractivity contribution in [3.8, 4) is 0 Å². The van der Waals surface area contributed by atoms with Crippen LogP contribution in [0.25, 0.3) is 16.5 Å². The lowest BCUT2D eigenvalue weighted by molar-refractivity contribution is -0.136. The molecular formula is C36H36N2O4. The Morgan fingerprint density at radius 3 is 2.62 bits per heavy atom. The first kappa shape index (κ1) is 26.7. The molecule has 0 bridgehead atoms. The lowest BCUT2D eigenvalue weighted by atomic mass is 9.66. The Labute approximate surface area is 245 Å². The molecule has 1 saturated heterocycles. The third-order valence-electron chi connectivity index (χ3n) is 9.80. The minimum Gasteiger partial charge on any atom is -0.497 e. The van der Waals surface area contributed by atoms with Crippen LogP contribution in [-0.4, -0.2) is 34.0 Å². The number of aryl methyl sites for hydroxylation is 1. The van der Waals surface area contributed by atoms with Crippen LogP contribution in [0.2, 0.25) is 0 Å². The van der Waals surface area contributed by atoms with Crippen molar-refractivity contribution in [3.63, 3.8) is 0 Å². The number of carboxylic acids is 1. The molecule has 7 rings (SSSR count). The summed E-state index contributed by atoms with van der Waals surface area (Å²) in [6, 6.07) is 14.1. The second-order valence-electron chi connectivity index (χ2n) is 12.5. The monoisotopic (exact) mass is 560 g/mol. The molecule has 6 heteroatoms. The molecule has 0 radical (unpaired) electrons. The fourth-order valence-corrected chi connectivity index (χ4v) is 7.37. The molecule has 6 nitrogen and oxygen atoms in total. The van der Waals surface area contributed by atoms with E-state index >= 15 is 0 Å². The van der Waals surface area contributed by atoms with Crippen LogP contribution in [0.15, 0.2) is 81.8 Å².